The van der Waals surface area contributed by atoms with Crippen molar-refractivity contribution in [2.45, 2.75) is 50.9 Å². The van der Waals surface area contributed by atoms with Gasteiger partial charge in [-0.2, -0.15) is 0 Å². The number of benzene rings is 2. The van der Waals surface area contributed by atoms with Crippen molar-refractivity contribution in [1.29, 1.82) is 0 Å². The lowest BCUT2D eigenvalue weighted by Crippen LogP contribution is -2.31. The molecule has 1 atom stereocenters. The van der Waals surface area contributed by atoms with Crippen LogP contribution in [0.1, 0.15) is 51.2 Å². The summed E-state index contributed by atoms with van der Waals surface area (Å²) in [6.07, 6.45) is 2.74. The molecule has 0 bridgehead atoms. The second-order valence-electron chi connectivity index (χ2n) is 7.49. The zero-order valence-electron chi connectivity index (χ0n) is 17.0. The maximum atomic E-state index is 11.7. The van der Waals surface area contributed by atoms with E-state index < -0.39 is 15.6 Å². The number of aliphatic hydroxyl groups is 1. The first kappa shape index (κ1) is 22.4. The van der Waals surface area contributed by atoms with Gasteiger partial charge in [0, 0.05) is 18.8 Å². The molecule has 28 heavy (non-hydrogen) atoms. The molecular formula is C22H32N2O3S. The third-order valence-electron chi connectivity index (χ3n) is 4.89. The maximum Gasteiger partial charge on any atom is 0.213 e. The predicted molar refractivity (Wildman–Crippen MR) is 116 cm³/mol. The van der Waals surface area contributed by atoms with Gasteiger partial charge in [0.1, 0.15) is 5.60 Å². The van der Waals surface area contributed by atoms with Crippen LogP contribution in [0.15, 0.2) is 54.6 Å². The fourth-order valence-corrected chi connectivity index (χ4v) is 3.64. The Morgan fingerprint density at radius 1 is 0.893 bits per heavy atom. The highest BCUT2D eigenvalue weighted by Gasteiger charge is 2.24. The summed E-state index contributed by atoms with van der Waals surface area (Å²) in [6, 6.07) is 17.5. The smallest absolute Gasteiger partial charge is 0.213 e. The molecule has 1 unspecified atom stereocenters. The molecule has 0 heterocycles. The zero-order valence-corrected chi connectivity index (χ0v) is 17.8. The Balaban J connectivity index is 1.73. The minimum Gasteiger partial charge on any atom is -0.385 e. The molecule has 2 aromatic carbocycles. The molecule has 0 radical (unpaired) electrons. The molecule has 154 valence electrons. The van der Waals surface area contributed by atoms with Crippen LogP contribution < -0.4 is 10.0 Å². The molecular weight excluding hydrogens is 372 g/mol. The average Bonchev–Trinajstić information content (AvgIpc) is 2.68. The monoisotopic (exact) mass is 404 g/mol. The Bertz CT molecular complexity index is 817. The van der Waals surface area contributed by atoms with Crippen molar-refractivity contribution in [2.75, 3.05) is 18.4 Å². The lowest BCUT2D eigenvalue weighted by Gasteiger charge is -2.24. The topological polar surface area (TPSA) is 78.4 Å². The van der Waals surface area contributed by atoms with E-state index in [1.165, 1.54) is 0 Å². The van der Waals surface area contributed by atoms with Crippen LogP contribution in [0.3, 0.4) is 0 Å². The van der Waals surface area contributed by atoms with E-state index in [0.29, 0.717) is 6.54 Å². The standard InChI is InChI=1S/C22H32N2O3S/c1-18(2)28(26,27)24-17-9-5-8-16-23-21-14-12-20(13-15-21)22(3,25)19-10-6-4-7-11-19/h4,6-7,10-15,18,23-25H,5,8-9,16-17H2,1-3H3. The Kier molecular flexibility index (Phi) is 8.04. The van der Waals surface area contributed by atoms with E-state index in [1.54, 1.807) is 20.8 Å². The van der Waals surface area contributed by atoms with Gasteiger partial charge in [-0.15, -0.1) is 0 Å². The van der Waals surface area contributed by atoms with Crippen molar-refractivity contribution >= 4 is 15.7 Å². The molecule has 0 saturated heterocycles. The van der Waals surface area contributed by atoms with Gasteiger partial charge >= 0.3 is 0 Å². The van der Waals surface area contributed by atoms with Gasteiger partial charge in [0.25, 0.3) is 0 Å². The number of nitrogens with one attached hydrogen (secondary N) is 2. The lowest BCUT2D eigenvalue weighted by atomic mass is 9.88. The van der Waals surface area contributed by atoms with E-state index in [0.717, 1.165) is 42.6 Å². The Hall–Kier alpha value is -1.89. The molecule has 0 aliphatic carbocycles. The van der Waals surface area contributed by atoms with Crippen molar-refractivity contribution in [3.05, 3.63) is 65.7 Å². The van der Waals surface area contributed by atoms with Crippen LogP contribution in [0.25, 0.3) is 0 Å². The highest BCUT2D eigenvalue weighted by atomic mass is 32.2. The predicted octanol–water partition coefficient (Wildman–Crippen LogP) is 3.85. The first-order valence-corrected chi connectivity index (χ1v) is 11.4. The summed E-state index contributed by atoms with van der Waals surface area (Å²) in [5.74, 6) is 0. The second-order valence-corrected chi connectivity index (χ2v) is 9.81. The first-order chi connectivity index (χ1) is 13.2. The van der Waals surface area contributed by atoms with Crippen LogP contribution in [-0.2, 0) is 15.6 Å². The van der Waals surface area contributed by atoms with E-state index in [9.17, 15) is 13.5 Å². The summed E-state index contributed by atoms with van der Waals surface area (Å²) in [5, 5.41) is 13.8. The summed E-state index contributed by atoms with van der Waals surface area (Å²) in [5.41, 5.74) is 1.70. The van der Waals surface area contributed by atoms with Gasteiger partial charge in [-0.1, -0.05) is 48.9 Å². The van der Waals surface area contributed by atoms with E-state index in [4.69, 9.17) is 0 Å². The SMILES string of the molecule is CC(C)S(=O)(=O)NCCCCCNc1ccc(C(C)(O)c2ccccc2)cc1. The van der Waals surface area contributed by atoms with Gasteiger partial charge in [0.15, 0.2) is 0 Å². The van der Waals surface area contributed by atoms with Gasteiger partial charge in [0.05, 0.1) is 5.25 Å². The molecule has 0 fully saturated rings. The minimum absolute atomic E-state index is 0.389. The average molecular weight is 405 g/mol. The zero-order chi connectivity index (χ0) is 20.6. The van der Waals surface area contributed by atoms with Gasteiger partial charge in [-0.25, -0.2) is 13.1 Å². The Morgan fingerprint density at radius 2 is 1.46 bits per heavy atom. The number of anilines is 1. The minimum atomic E-state index is -3.16. The number of unbranched alkanes of at least 4 members (excludes halogenated alkanes) is 2. The molecule has 6 heteroatoms. The molecule has 5 nitrogen and oxygen atoms in total. The number of hydrogen-bond acceptors (Lipinski definition) is 4. The normalized spacial score (nSPS) is 14.0. The van der Waals surface area contributed by atoms with Crippen LogP contribution in [0.4, 0.5) is 5.69 Å². The van der Waals surface area contributed by atoms with Crippen LogP contribution in [0.2, 0.25) is 0 Å². The Morgan fingerprint density at radius 3 is 2.07 bits per heavy atom. The largest absolute Gasteiger partial charge is 0.385 e. The number of rotatable bonds is 11. The lowest BCUT2D eigenvalue weighted by molar-refractivity contribution is 0.102. The highest BCUT2D eigenvalue weighted by Crippen LogP contribution is 2.29. The summed E-state index contributed by atoms with van der Waals surface area (Å²) >= 11 is 0. The fraction of sp³-hybridized carbons (Fsp3) is 0.455. The van der Waals surface area contributed by atoms with Crippen molar-refractivity contribution < 1.29 is 13.5 Å². The maximum absolute atomic E-state index is 11.7. The third kappa shape index (κ3) is 6.33. The molecule has 2 rings (SSSR count). The van der Waals surface area contributed by atoms with Crippen LogP contribution >= 0.6 is 0 Å². The van der Waals surface area contributed by atoms with Gasteiger partial charge < -0.3 is 10.4 Å². The van der Waals surface area contributed by atoms with Gasteiger partial charge in [0.2, 0.25) is 10.0 Å². The molecule has 0 saturated carbocycles. The van der Waals surface area contributed by atoms with E-state index in [1.807, 2.05) is 54.6 Å². The summed E-state index contributed by atoms with van der Waals surface area (Å²) in [4.78, 5) is 0. The van der Waals surface area contributed by atoms with Gasteiger partial charge in [-0.05, 0) is 56.9 Å². The molecule has 0 aliphatic rings. The van der Waals surface area contributed by atoms with Crippen LogP contribution in [0.5, 0.6) is 0 Å². The van der Waals surface area contributed by atoms with Crippen molar-refractivity contribution in [3.8, 4) is 0 Å². The molecule has 3 N–H and O–H groups in total. The summed E-state index contributed by atoms with van der Waals surface area (Å²) < 4.78 is 25.9. The fourth-order valence-electron chi connectivity index (χ4n) is 2.88. The molecule has 2 aromatic rings. The number of sulfonamides is 1. The quantitative estimate of drug-likeness (QED) is 0.497. The number of hydrogen-bond donors (Lipinski definition) is 3. The van der Waals surface area contributed by atoms with Crippen LogP contribution in [-0.4, -0.2) is 31.9 Å². The summed E-state index contributed by atoms with van der Waals surface area (Å²) in [6.45, 7) is 6.47. The van der Waals surface area contributed by atoms with Gasteiger partial charge in [-0.3, -0.25) is 0 Å². The van der Waals surface area contributed by atoms with E-state index >= 15 is 0 Å². The van der Waals surface area contributed by atoms with Crippen molar-refractivity contribution in [1.82, 2.24) is 4.72 Å². The van der Waals surface area contributed by atoms with Crippen molar-refractivity contribution in [3.63, 3.8) is 0 Å². The van der Waals surface area contributed by atoms with E-state index in [2.05, 4.69) is 10.0 Å². The van der Waals surface area contributed by atoms with Crippen LogP contribution in [0, 0.1) is 0 Å². The molecule has 0 aromatic heterocycles. The molecule has 0 spiro atoms. The summed E-state index contributed by atoms with van der Waals surface area (Å²) in [7, 11) is -3.16. The Labute approximate surface area is 169 Å². The third-order valence-corrected chi connectivity index (χ3v) is 6.74. The van der Waals surface area contributed by atoms with Crippen molar-refractivity contribution in [2.24, 2.45) is 0 Å². The second kappa shape index (κ2) is 10.0. The first-order valence-electron chi connectivity index (χ1n) is 9.84. The van der Waals surface area contributed by atoms with E-state index in [-0.39, 0.29) is 5.25 Å². The molecule has 0 amide bonds. The highest BCUT2D eigenvalue weighted by molar-refractivity contribution is 7.90. The molecule has 0 aliphatic heterocycles.